The Morgan fingerprint density at radius 1 is 1.54 bits per heavy atom. The predicted octanol–water partition coefficient (Wildman–Crippen LogP) is 1.67. The Labute approximate surface area is 84.1 Å². The van der Waals surface area contributed by atoms with E-state index in [9.17, 15) is 9.90 Å². The molecule has 0 bridgehead atoms. The van der Waals surface area contributed by atoms with Gasteiger partial charge in [-0.05, 0) is 33.6 Å². The van der Waals surface area contributed by atoms with Gasteiger partial charge in [0.05, 0.1) is 10.9 Å². The maximum absolute atomic E-state index is 11.3. The molecule has 1 aromatic carbocycles. The average Bonchev–Trinajstić information content (AvgIpc) is 2.32. The van der Waals surface area contributed by atoms with Crippen LogP contribution < -0.4 is 4.90 Å². The fourth-order valence-electron chi connectivity index (χ4n) is 1.46. The molecule has 4 heteroatoms. The second-order valence-corrected chi connectivity index (χ2v) is 3.92. The molecule has 1 N–H and O–H groups in total. The molecule has 1 aromatic rings. The fourth-order valence-corrected chi connectivity index (χ4v) is 1.80. The molecule has 0 aromatic heterocycles. The SMILES string of the molecule is CN1C(=O)Cc2cc(O)c(Br)cc21. The quantitative estimate of drug-likeness (QED) is 0.751. The van der Waals surface area contributed by atoms with Crippen molar-refractivity contribution < 1.29 is 9.90 Å². The zero-order valence-corrected chi connectivity index (χ0v) is 8.63. The third-order valence-corrected chi connectivity index (χ3v) is 2.86. The highest BCUT2D eigenvalue weighted by molar-refractivity contribution is 9.10. The van der Waals surface area contributed by atoms with Gasteiger partial charge in [0.2, 0.25) is 5.91 Å². The second-order valence-electron chi connectivity index (χ2n) is 3.06. The van der Waals surface area contributed by atoms with Gasteiger partial charge in [-0.3, -0.25) is 4.79 Å². The number of phenols is 1. The molecule has 0 radical (unpaired) electrons. The van der Waals surface area contributed by atoms with E-state index in [2.05, 4.69) is 15.9 Å². The van der Waals surface area contributed by atoms with E-state index in [0.717, 1.165) is 11.3 Å². The molecule has 0 fully saturated rings. The van der Waals surface area contributed by atoms with Crippen LogP contribution in [0.5, 0.6) is 5.75 Å². The van der Waals surface area contributed by atoms with Crippen molar-refractivity contribution in [1.82, 2.24) is 0 Å². The zero-order chi connectivity index (χ0) is 9.59. The first-order chi connectivity index (χ1) is 6.09. The Morgan fingerprint density at radius 2 is 2.23 bits per heavy atom. The van der Waals surface area contributed by atoms with E-state index >= 15 is 0 Å². The maximum Gasteiger partial charge on any atom is 0.231 e. The fraction of sp³-hybridized carbons (Fsp3) is 0.222. The van der Waals surface area contributed by atoms with E-state index in [-0.39, 0.29) is 11.7 Å². The summed E-state index contributed by atoms with van der Waals surface area (Å²) < 4.78 is 0.618. The van der Waals surface area contributed by atoms with Crippen LogP contribution >= 0.6 is 15.9 Å². The molecule has 2 rings (SSSR count). The molecule has 1 aliphatic heterocycles. The summed E-state index contributed by atoms with van der Waals surface area (Å²) in [6, 6.07) is 3.39. The van der Waals surface area contributed by atoms with Crippen molar-refractivity contribution in [2.24, 2.45) is 0 Å². The van der Waals surface area contributed by atoms with Gasteiger partial charge >= 0.3 is 0 Å². The predicted molar refractivity (Wildman–Crippen MR) is 52.9 cm³/mol. The molecule has 1 amide bonds. The molecule has 0 aliphatic carbocycles. The van der Waals surface area contributed by atoms with E-state index in [1.54, 1.807) is 24.1 Å². The summed E-state index contributed by atoms with van der Waals surface area (Å²) in [4.78, 5) is 12.9. The van der Waals surface area contributed by atoms with Gasteiger partial charge in [-0.25, -0.2) is 0 Å². The van der Waals surface area contributed by atoms with Crippen LogP contribution in [0.25, 0.3) is 0 Å². The van der Waals surface area contributed by atoms with E-state index < -0.39 is 0 Å². The number of benzene rings is 1. The normalized spacial score (nSPS) is 14.9. The number of anilines is 1. The first-order valence-corrected chi connectivity index (χ1v) is 4.67. The van der Waals surface area contributed by atoms with Crippen molar-refractivity contribution in [3.05, 3.63) is 22.2 Å². The monoisotopic (exact) mass is 241 g/mol. The van der Waals surface area contributed by atoms with Crippen molar-refractivity contribution in [2.75, 3.05) is 11.9 Å². The minimum absolute atomic E-state index is 0.0625. The summed E-state index contributed by atoms with van der Waals surface area (Å²) in [6.07, 6.45) is 0.382. The average molecular weight is 242 g/mol. The van der Waals surface area contributed by atoms with Crippen molar-refractivity contribution >= 4 is 27.5 Å². The van der Waals surface area contributed by atoms with Gasteiger partial charge in [0.1, 0.15) is 5.75 Å². The number of likely N-dealkylation sites (N-methyl/N-ethyl adjacent to an activating group) is 1. The van der Waals surface area contributed by atoms with Crippen LogP contribution in [0, 0.1) is 0 Å². The lowest BCUT2D eigenvalue weighted by atomic mass is 10.1. The Balaban J connectivity index is 2.59. The maximum atomic E-state index is 11.3. The minimum Gasteiger partial charge on any atom is -0.507 e. The van der Waals surface area contributed by atoms with E-state index in [1.165, 1.54) is 0 Å². The van der Waals surface area contributed by atoms with Crippen molar-refractivity contribution in [1.29, 1.82) is 0 Å². The van der Waals surface area contributed by atoms with Gasteiger partial charge in [-0.2, -0.15) is 0 Å². The lowest BCUT2D eigenvalue weighted by Crippen LogP contribution is -2.20. The van der Waals surface area contributed by atoms with Gasteiger partial charge in [-0.15, -0.1) is 0 Å². The summed E-state index contributed by atoms with van der Waals surface area (Å²) in [6.45, 7) is 0. The summed E-state index contributed by atoms with van der Waals surface area (Å²) in [5.41, 5.74) is 1.75. The van der Waals surface area contributed by atoms with E-state index in [0.29, 0.717) is 10.9 Å². The van der Waals surface area contributed by atoms with Crippen LogP contribution in [0.15, 0.2) is 16.6 Å². The Morgan fingerprint density at radius 3 is 2.92 bits per heavy atom. The highest BCUT2D eigenvalue weighted by Crippen LogP contribution is 2.35. The lowest BCUT2D eigenvalue weighted by molar-refractivity contribution is -0.117. The van der Waals surface area contributed by atoms with Crippen LogP contribution in [0.1, 0.15) is 5.56 Å². The first kappa shape index (κ1) is 8.56. The van der Waals surface area contributed by atoms with E-state index in [1.807, 2.05) is 0 Å². The first-order valence-electron chi connectivity index (χ1n) is 3.87. The van der Waals surface area contributed by atoms with Gasteiger partial charge in [0.25, 0.3) is 0 Å². The molecule has 1 heterocycles. The summed E-state index contributed by atoms with van der Waals surface area (Å²) in [7, 11) is 1.73. The minimum atomic E-state index is 0.0625. The molecule has 0 saturated heterocycles. The Bertz CT molecular complexity index is 389. The van der Waals surface area contributed by atoms with Gasteiger partial charge in [0, 0.05) is 12.7 Å². The number of halogens is 1. The third-order valence-electron chi connectivity index (χ3n) is 2.23. The summed E-state index contributed by atoms with van der Waals surface area (Å²) >= 11 is 3.21. The molecule has 0 unspecified atom stereocenters. The van der Waals surface area contributed by atoms with Crippen LogP contribution in [0.3, 0.4) is 0 Å². The number of rotatable bonds is 0. The number of carbonyl (C=O) groups is 1. The number of hydrogen-bond acceptors (Lipinski definition) is 2. The van der Waals surface area contributed by atoms with Gasteiger partial charge in [-0.1, -0.05) is 0 Å². The molecule has 0 saturated carbocycles. The lowest BCUT2D eigenvalue weighted by Gasteiger charge is -2.10. The number of nitrogens with zero attached hydrogens (tertiary/aromatic N) is 1. The number of hydrogen-bond donors (Lipinski definition) is 1. The van der Waals surface area contributed by atoms with Crippen LogP contribution in [-0.2, 0) is 11.2 Å². The topological polar surface area (TPSA) is 40.5 Å². The number of carbonyl (C=O) groups excluding carboxylic acids is 1. The molecule has 3 nitrogen and oxygen atoms in total. The summed E-state index contributed by atoms with van der Waals surface area (Å²) in [5, 5.41) is 9.38. The zero-order valence-electron chi connectivity index (χ0n) is 7.04. The van der Waals surface area contributed by atoms with Gasteiger partial charge < -0.3 is 10.0 Å². The highest BCUT2D eigenvalue weighted by atomic mass is 79.9. The number of phenolic OH excluding ortho intramolecular Hbond substituents is 1. The number of aromatic hydroxyl groups is 1. The summed E-state index contributed by atoms with van der Waals surface area (Å²) in [5.74, 6) is 0.245. The van der Waals surface area contributed by atoms with Crippen molar-refractivity contribution in [3.63, 3.8) is 0 Å². The highest BCUT2D eigenvalue weighted by Gasteiger charge is 2.24. The third kappa shape index (κ3) is 1.21. The standard InChI is InChI=1S/C9H8BrNO2/c1-11-7-4-6(10)8(12)2-5(7)3-9(11)13/h2,4,12H,3H2,1H3. The van der Waals surface area contributed by atoms with Crippen molar-refractivity contribution in [3.8, 4) is 5.75 Å². The largest absolute Gasteiger partial charge is 0.507 e. The van der Waals surface area contributed by atoms with Crippen LogP contribution in [0.4, 0.5) is 5.69 Å². The van der Waals surface area contributed by atoms with Crippen LogP contribution in [0.2, 0.25) is 0 Å². The molecular weight excluding hydrogens is 234 g/mol. The Kier molecular flexibility index (Phi) is 1.80. The smallest absolute Gasteiger partial charge is 0.231 e. The number of amides is 1. The number of fused-ring (bicyclic) bond motifs is 1. The van der Waals surface area contributed by atoms with E-state index in [4.69, 9.17) is 0 Å². The van der Waals surface area contributed by atoms with Crippen LogP contribution in [-0.4, -0.2) is 18.1 Å². The molecule has 13 heavy (non-hydrogen) atoms. The molecule has 0 spiro atoms. The second kappa shape index (κ2) is 2.73. The molecule has 1 aliphatic rings. The Hall–Kier alpha value is -1.03. The van der Waals surface area contributed by atoms with Gasteiger partial charge in [0.15, 0.2) is 0 Å². The van der Waals surface area contributed by atoms with Crippen molar-refractivity contribution in [2.45, 2.75) is 6.42 Å². The molecule has 68 valence electrons. The molecule has 0 atom stereocenters. The molecular formula is C9H8BrNO2.